The molecule has 152 valence electrons. The van der Waals surface area contributed by atoms with Gasteiger partial charge in [-0.05, 0) is 33.7 Å². The van der Waals surface area contributed by atoms with Crippen molar-refractivity contribution in [3.63, 3.8) is 0 Å². The second-order valence-corrected chi connectivity index (χ2v) is 7.41. The Morgan fingerprint density at radius 1 is 0.375 bits per heavy atom. The molecule has 0 aliphatic rings. The highest BCUT2D eigenvalue weighted by molar-refractivity contribution is 5.98. The van der Waals surface area contributed by atoms with Gasteiger partial charge in [0.05, 0.1) is 0 Å². The largest absolute Gasteiger partial charge is 0.217 e. The average molecular weight is 412 g/mol. The van der Waals surface area contributed by atoms with E-state index in [1.807, 2.05) is 60.7 Å². The first kappa shape index (κ1) is 19.6. The van der Waals surface area contributed by atoms with E-state index in [1.165, 1.54) is 21.5 Å². The van der Waals surface area contributed by atoms with Crippen LogP contribution in [0.15, 0.2) is 128 Å². The molecule has 0 bridgehead atoms. The van der Waals surface area contributed by atoms with Crippen LogP contribution in [0, 0.1) is 0 Å². The second-order valence-electron chi connectivity index (χ2n) is 7.41. The molecule has 6 rings (SSSR count). The number of aromatic nitrogens is 3. The lowest BCUT2D eigenvalue weighted by Gasteiger charge is -2.02. The van der Waals surface area contributed by atoms with Crippen molar-refractivity contribution >= 4 is 21.5 Å². The van der Waals surface area contributed by atoms with Gasteiger partial charge in [-0.3, -0.25) is 0 Å². The number of hydrogen-bond acceptors (Lipinski definition) is 3. The lowest BCUT2D eigenvalue weighted by molar-refractivity contribution is 1.07. The molecule has 1 heterocycles. The Bertz CT molecular complexity index is 1300. The van der Waals surface area contributed by atoms with Crippen molar-refractivity contribution in [2.45, 2.75) is 0 Å². The average Bonchev–Trinajstić information content (AvgIpc) is 2.89. The van der Waals surface area contributed by atoms with E-state index in [-0.39, 0.29) is 0 Å². The molecule has 32 heavy (non-hydrogen) atoms. The summed E-state index contributed by atoms with van der Waals surface area (Å²) < 4.78 is 0. The number of benzene rings is 5. The third-order valence-corrected chi connectivity index (χ3v) is 5.25. The maximum atomic E-state index is 4.49. The molecule has 0 atom stereocenters. The summed E-state index contributed by atoms with van der Waals surface area (Å²) in [6, 6.07) is 41.2. The summed E-state index contributed by atoms with van der Waals surface area (Å²) in [5.74, 6) is 1.40. The smallest absolute Gasteiger partial charge is 0.163 e. The zero-order valence-corrected chi connectivity index (χ0v) is 17.5. The molecule has 0 amide bonds. The Hall–Kier alpha value is -4.37. The van der Waals surface area contributed by atoms with Crippen molar-refractivity contribution in [2.24, 2.45) is 0 Å². The standard InChI is InChI=1S/C15H11N3.C14H10/c1-3-7-12(8-4-1)14-16-11-17-15(18-14)13-9-5-2-6-10-13;1-2-6-12-10-14-8-4-3-7-13(14)9-11(12)5-1/h1-11H;1-10H. The van der Waals surface area contributed by atoms with Gasteiger partial charge in [0.2, 0.25) is 0 Å². The van der Waals surface area contributed by atoms with E-state index >= 15 is 0 Å². The molecule has 0 aliphatic heterocycles. The first-order valence-electron chi connectivity index (χ1n) is 10.5. The van der Waals surface area contributed by atoms with Gasteiger partial charge in [-0.1, -0.05) is 109 Å². The first-order valence-corrected chi connectivity index (χ1v) is 10.5. The van der Waals surface area contributed by atoms with Crippen LogP contribution in [0.1, 0.15) is 0 Å². The maximum absolute atomic E-state index is 4.49. The zero-order valence-electron chi connectivity index (χ0n) is 17.5. The fourth-order valence-corrected chi connectivity index (χ4v) is 3.63. The summed E-state index contributed by atoms with van der Waals surface area (Å²) in [6.07, 6.45) is 1.55. The molecule has 3 nitrogen and oxygen atoms in total. The van der Waals surface area contributed by atoms with E-state index in [1.54, 1.807) is 6.33 Å². The molecule has 0 radical (unpaired) electrons. The van der Waals surface area contributed by atoms with E-state index in [0.29, 0.717) is 11.6 Å². The predicted molar refractivity (Wildman–Crippen MR) is 132 cm³/mol. The lowest BCUT2D eigenvalue weighted by atomic mass is 10.0. The summed E-state index contributed by atoms with van der Waals surface area (Å²) >= 11 is 0. The normalized spacial score (nSPS) is 10.5. The van der Waals surface area contributed by atoms with Crippen LogP contribution >= 0.6 is 0 Å². The van der Waals surface area contributed by atoms with E-state index in [4.69, 9.17) is 0 Å². The van der Waals surface area contributed by atoms with Crippen molar-refractivity contribution in [3.8, 4) is 22.8 Å². The summed E-state index contributed by atoms with van der Waals surface area (Å²) in [5, 5.41) is 5.25. The monoisotopic (exact) mass is 411 g/mol. The Morgan fingerprint density at radius 3 is 1.09 bits per heavy atom. The fraction of sp³-hybridized carbons (Fsp3) is 0. The topological polar surface area (TPSA) is 38.7 Å². The first-order chi connectivity index (χ1) is 15.9. The maximum Gasteiger partial charge on any atom is 0.163 e. The third-order valence-electron chi connectivity index (χ3n) is 5.25. The van der Waals surface area contributed by atoms with Crippen molar-refractivity contribution in [1.29, 1.82) is 0 Å². The molecular formula is C29H21N3. The van der Waals surface area contributed by atoms with Gasteiger partial charge < -0.3 is 0 Å². The molecule has 0 aliphatic carbocycles. The lowest BCUT2D eigenvalue weighted by Crippen LogP contribution is -1.94. The molecule has 6 aromatic rings. The number of hydrogen-bond donors (Lipinski definition) is 0. The number of fused-ring (bicyclic) bond motifs is 2. The van der Waals surface area contributed by atoms with Crippen LogP contribution < -0.4 is 0 Å². The van der Waals surface area contributed by atoms with Crippen molar-refractivity contribution < 1.29 is 0 Å². The van der Waals surface area contributed by atoms with Crippen molar-refractivity contribution in [1.82, 2.24) is 15.0 Å². The van der Waals surface area contributed by atoms with Crippen LogP contribution in [0.25, 0.3) is 44.3 Å². The summed E-state index contributed by atoms with van der Waals surface area (Å²) in [6.45, 7) is 0. The van der Waals surface area contributed by atoms with Gasteiger partial charge in [0, 0.05) is 11.1 Å². The van der Waals surface area contributed by atoms with E-state index in [2.05, 4.69) is 75.6 Å². The Morgan fingerprint density at radius 2 is 0.719 bits per heavy atom. The van der Waals surface area contributed by atoms with Gasteiger partial charge in [0.15, 0.2) is 11.6 Å². The number of rotatable bonds is 2. The van der Waals surface area contributed by atoms with Crippen LogP contribution in [0.5, 0.6) is 0 Å². The molecule has 0 unspecified atom stereocenters. The minimum absolute atomic E-state index is 0.699. The molecule has 1 aromatic heterocycles. The van der Waals surface area contributed by atoms with Crippen LogP contribution in [-0.4, -0.2) is 15.0 Å². The van der Waals surface area contributed by atoms with Crippen molar-refractivity contribution in [2.75, 3.05) is 0 Å². The molecule has 0 saturated heterocycles. The minimum atomic E-state index is 0.699. The van der Waals surface area contributed by atoms with Crippen molar-refractivity contribution in [3.05, 3.63) is 128 Å². The Balaban J connectivity index is 0.000000139. The number of nitrogens with zero attached hydrogens (tertiary/aromatic N) is 3. The Labute approximate surface area is 187 Å². The summed E-state index contributed by atoms with van der Waals surface area (Å²) in [5.41, 5.74) is 1.99. The summed E-state index contributed by atoms with van der Waals surface area (Å²) in [4.78, 5) is 12.9. The van der Waals surface area contributed by atoms with Gasteiger partial charge in [-0.2, -0.15) is 0 Å². The molecule has 0 fully saturated rings. The molecule has 3 heteroatoms. The Kier molecular flexibility index (Phi) is 5.62. The van der Waals surface area contributed by atoms with E-state index < -0.39 is 0 Å². The fourth-order valence-electron chi connectivity index (χ4n) is 3.63. The van der Waals surface area contributed by atoms with E-state index in [0.717, 1.165) is 11.1 Å². The quantitative estimate of drug-likeness (QED) is 0.283. The van der Waals surface area contributed by atoms with Crippen LogP contribution in [-0.2, 0) is 0 Å². The molecule has 0 N–H and O–H groups in total. The third kappa shape index (κ3) is 4.37. The van der Waals surface area contributed by atoms with Gasteiger partial charge >= 0.3 is 0 Å². The van der Waals surface area contributed by atoms with E-state index in [9.17, 15) is 0 Å². The molecule has 0 saturated carbocycles. The zero-order chi connectivity index (χ0) is 21.6. The second kappa shape index (κ2) is 9.19. The highest BCUT2D eigenvalue weighted by Crippen LogP contribution is 2.22. The van der Waals surface area contributed by atoms with Crippen LogP contribution in [0.2, 0.25) is 0 Å². The molecule has 5 aromatic carbocycles. The predicted octanol–water partition coefficient (Wildman–Crippen LogP) is 7.20. The SMILES string of the molecule is c1ccc(-c2ncnc(-c3ccccc3)n2)cc1.c1ccc2cc3ccccc3cc2c1. The molecular weight excluding hydrogens is 390 g/mol. The molecule has 0 spiro atoms. The van der Waals surface area contributed by atoms with Gasteiger partial charge in [0.1, 0.15) is 6.33 Å². The minimum Gasteiger partial charge on any atom is -0.217 e. The highest BCUT2D eigenvalue weighted by Gasteiger charge is 2.04. The van der Waals surface area contributed by atoms with Gasteiger partial charge in [-0.25, -0.2) is 15.0 Å². The highest BCUT2D eigenvalue weighted by atomic mass is 15.0. The van der Waals surface area contributed by atoms with Crippen LogP contribution in [0.3, 0.4) is 0 Å². The summed E-state index contributed by atoms with van der Waals surface area (Å²) in [7, 11) is 0. The van der Waals surface area contributed by atoms with Gasteiger partial charge in [0.25, 0.3) is 0 Å². The van der Waals surface area contributed by atoms with Gasteiger partial charge in [-0.15, -0.1) is 0 Å². The van der Waals surface area contributed by atoms with Crippen LogP contribution in [0.4, 0.5) is 0 Å².